The zero-order valence-corrected chi connectivity index (χ0v) is 11.9. The number of aryl methyl sites for hydroxylation is 1. The van der Waals surface area contributed by atoms with Crippen molar-refractivity contribution in [1.29, 1.82) is 0 Å². The van der Waals surface area contributed by atoms with Crippen molar-refractivity contribution < 1.29 is 9.13 Å². The van der Waals surface area contributed by atoms with Gasteiger partial charge in [-0.25, -0.2) is 9.37 Å². The van der Waals surface area contributed by atoms with E-state index in [4.69, 9.17) is 10.5 Å². The van der Waals surface area contributed by atoms with Gasteiger partial charge >= 0.3 is 0 Å². The molecule has 1 aliphatic rings. The summed E-state index contributed by atoms with van der Waals surface area (Å²) in [5, 5.41) is 0. The minimum Gasteiger partial charge on any atom is -0.439 e. The van der Waals surface area contributed by atoms with Gasteiger partial charge in [-0.3, -0.25) is 0 Å². The highest BCUT2D eigenvalue weighted by Gasteiger charge is 2.19. The average Bonchev–Trinajstić information content (AvgIpc) is 2.54. The van der Waals surface area contributed by atoms with E-state index in [0.29, 0.717) is 24.0 Å². The molecule has 0 spiro atoms. The van der Waals surface area contributed by atoms with Crippen LogP contribution in [0.15, 0.2) is 36.4 Å². The second kappa shape index (κ2) is 6.22. The number of ether oxygens (including phenoxy) is 1. The lowest BCUT2D eigenvalue weighted by molar-refractivity contribution is 0.440. The number of rotatable bonds is 4. The highest BCUT2D eigenvalue weighted by Crippen LogP contribution is 2.34. The molecule has 2 aromatic rings. The SMILES string of the molecule is NCC1CCCc2cc(Oc3cccc(CF)n3)ccc21. The van der Waals surface area contributed by atoms with E-state index in [0.717, 1.165) is 25.0 Å². The number of fused-ring (bicyclic) bond motifs is 1. The Kier molecular flexibility index (Phi) is 4.15. The van der Waals surface area contributed by atoms with Crippen molar-refractivity contribution in [2.24, 2.45) is 5.73 Å². The summed E-state index contributed by atoms with van der Waals surface area (Å²) in [6, 6.07) is 11.2. The molecule has 4 heteroatoms. The van der Waals surface area contributed by atoms with Crippen LogP contribution in [0, 0.1) is 0 Å². The molecule has 1 aromatic heterocycles. The topological polar surface area (TPSA) is 48.1 Å². The Morgan fingerprint density at radius 1 is 1.29 bits per heavy atom. The maximum absolute atomic E-state index is 12.6. The minimum atomic E-state index is -0.584. The molecule has 1 atom stereocenters. The van der Waals surface area contributed by atoms with Gasteiger partial charge in [0, 0.05) is 6.07 Å². The second-order valence-corrected chi connectivity index (χ2v) is 5.39. The first-order chi connectivity index (χ1) is 10.3. The molecule has 21 heavy (non-hydrogen) atoms. The number of hydrogen-bond donors (Lipinski definition) is 1. The first-order valence-electron chi connectivity index (χ1n) is 7.33. The molecule has 0 bridgehead atoms. The van der Waals surface area contributed by atoms with Crippen LogP contribution in [0.25, 0.3) is 0 Å². The van der Waals surface area contributed by atoms with Crippen LogP contribution in [0.5, 0.6) is 11.6 Å². The fourth-order valence-corrected chi connectivity index (χ4v) is 2.91. The van der Waals surface area contributed by atoms with Gasteiger partial charge in [0.15, 0.2) is 0 Å². The maximum atomic E-state index is 12.6. The average molecular weight is 286 g/mol. The van der Waals surface area contributed by atoms with Crippen molar-refractivity contribution in [3.8, 4) is 11.6 Å². The van der Waals surface area contributed by atoms with Crippen LogP contribution in [0.1, 0.15) is 35.6 Å². The van der Waals surface area contributed by atoms with Gasteiger partial charge in [-0.15, -0.1) is 0 Å². The second-order valence-electron chi connectivity index (χ2n) is 5.39. The first-order valence-corrected chi connectivity index (χ1v) is 7.33. The van der Waals surface area contributed by atoms with E-state index >= 15 is 0 Å². The molecule has 1 heterocycles. The summed E-state index contributed by atoms with van der Waals surface area (Å²) in [5.74, 6) is 1.63. The molecule has 0 saturated carbocycles. The Hall–Kier alpha value is -1.94. The number of hydrogen-bond acceptors (Lipinski definition) is 3. The molecule has 0 aliphatic heterocycles. The Bertz CT molecular complexity index is 630. The number of alkyl halides is 1. The smallest absolute Gasteiger partial charge is 0.219 e. The van der Waals surface area contributed by atoms with Crippen LogP contribution in [0.2, 0.25) is 0 Å². The predicted octanol–water partition coefficient (Wildman–Crippen LogP) is 3.72. The van der Waals surface area contributed by atoms with Crippen LogP contribution in [0.4, 0.5) is 4.39 Å². The lowest BCUT2D eigenvalue weighted by Crippen LogP contribution is -2.18. The molecule has 2 N–H and O–H groups in total. The van der Waals surface area contributed by atoms with Crippen molar-refractivity contribution >= 4 is 0 Å². The number of halogens is 1. The van der Waals surface area contributed by atoms with Crippen molar-refractivity contribution in [2.45, 2.75) is 31.9 Å². The maximum Gasteiger partial charge on any atom is 0.219 e. The Morgan fingerprint density at radius 3 is 3.00 bits per heavy atom. The third kappa shape index (κ3) is 3.05. The molecule has 3 nitrogen and oxygen atoms in total. The molecule has 1 unspecified atom stereocenters. The zero-order valence-electron chi connectivity index (χ0n) is 11.9. The number of benzene rings is 1. The van der Waals surface area contributed by atoms with Crippen molar-refractivity contribution in [3.63, 3.8) is 0 Å². The largest absolute Gasteiger partial charge is 0.439 e. The Morgan fingerprint density at radius 2 is 2.19 bits per heavy atom. The summed E-state index contributed by atoms with van der Waals surface area (Å²) in [5.41, 5.74) is 8.85. The third-order valence-corrected chi connectivity index (χ3v) is 3.98. The molecule has 3 rings (SSSR count). The van der Waals surface area contributed by atoms with Gasteiger partial charge in [0.1, 0.15) is 12.4 Å². The molecule has 0 amide bonds. The van der Waals surface area contributed by atoms with Crippen LogP contribution in [-0.2, 0) is 13.1 Å². The number of nitrogens with two attached hydrogens (primary N) is 1. The van der Waals surface area contributed by atoms with Gasteiger partial charge in [0.05, 0.1) is 5.69 Å². The summed E-state index contributed by atoms with van der Waals surface area (Å²) in [6.07, 6.45) is 3.37. The van der Waals surface area contributed by atoms with Crippen molar-refractivity contribution in [1.82, 2.24) is 4.98 Å². The van der Waals surface area contributed by atoms with E-state index in [-0.39, 0.29) is 0 Å². The highest BCUT2D eigenvalue weighted by molar-refractivity contribution is 5.40. The predicted molar refractivity (Wildman–Crippen MR) is 80.3 cm³/mol. The lowest BCUT2D eigenvalue weighted by Gasteiger charge is -2.24. The van der Waals surface area contributed by atoms with Crippen LogP contribution in [0.3, 0.4) is 0 Å². The standard InChI is InChI=1S/C17H19FN2O/c18-10-14-5-2-6-17(20-14)21-15-7-8-16-12(9-15)3-1-4-13(16)11-19/h2,5-9,13H,1,3-4,10-11,19H2. The van der Waals surface area contributed by atoms with E-state index in [1.165, 1.54) is 11.1 Å². The van der Waals surface area contributed by atoms with Crippen molar-refractivity contribution in [2.75, 3.05) is 6.54 Å². The van der Waals surface area contributed by atoms with Crippen LogP contribution >= 0.6 is 0 Å². The Labute approximate surface area is 124 Å². The summed E-state index contributed by atoms with van der Waals surface area (Å²) in [7, 11) is 0. The van der Waals surface area contributed by atoms with Gasteiger partial charge in [0.2, 0.25) is 5.88 Å². The van der Waals surface area contributed by atoms with E-state index in [1.54, 1.807) is 18.2 Å². The molecule has 1 aromatic carbocycles. The van der Waals surface area contributed by atoms with Crippen LogP contribution in [-0.4, -0.2) is 11.5 Å². The minimum absolute atomic E-state index is 0.383. The summed E-state index contributed by atoms with van der Waals surface area (Å²) in [4.78, 5) is 4.11. The molecule has 0 radical (unpaired) electrons. The molecular formula is C17H19FN2O. The number of pyridine rings is 1. The van der Waals surface area contributed by atoms with E-state index < -0.39 is 6.67 Å². The fraction of sp³-hybridized carbons (Fsp3) is 0.353. The molecule has 1 aliphatic carbocycles. The molecule has 0 saturated heterocycles. The first kappa shape index (κ1) is 14.0. The Balaban J connectivity index is 1.83. The summed E-state index contributed by atoms with van der Waals surface area (Å²) in [6.45, 7) is 0.104. The monoisotopic (exact) mass is 286 g/mol. The third-order valence-electron chi connectivity index (χ3n) is 3.98. The zero-order chi connectivity index (χ0) is 14.7. The van der Waals surface area contributed by atoms with E-state index in [2.05, 4.69) is 17.1 Å². The van der Waals surface area contributed by atoms with Crippen LogP contribution < -0.4 is 10.5 Å². The normalized spacial score (nSPS) is 17.3. The van der Waals surface area contributed by atoms with Gasteiger partial charge < -0.3 is 10.5 Å². The fourth-order valence-electron chi connectivity index (χ4n) is 2.91. The molecular weight excluding hydrogens is 267 g/mol. The number of nitrogens with zero attached hydrogens (tertiary/aromatic N) is 1. The quantitative estimate of drug-likeness (QED) is 0.931. The highest BCUT2D eigenvalue weighted by atomic mass is 19.1. The van der Waals surface area contributed by atoms with Gasteiger partial charge in [-0.05, 0) is 61.1 Å². The number of aromatic nitrogens is 1. The van der Waals surface area contributed by atoms with Gasteiger partial charge in [-0.2, -0.15) is 0 Å². The summed E-state index contributed by atoms with van der Waals surface area (Å²) < 4.78 is 18.4. The molecule has 110 valence electrons. The lowest BCUT2D eigenvalue weighted by atomic mass is 9.83. The van der Waals surface area contributed by atoms with Gasteiger partial charge in [-0.1, -0.05) is 12.1 Å². The van der Waals surface area contributed by atoms with E-state index in [1.807, 2.05) is 6.07 Å². The molecule has 0 fully saturated rings. The van der Waals surface area contributed by atoms with E-state index in [9.17, 15) is 4.39 Å². The van der Waals surface area contributed by atoms with Gasteiger partial charge in [0.25, 0.3) is 0 Å². The van der Waals surface area contributed by atoms with Crippen molar-refractivity contribution in [3.05, 3.63) is 53.2 Å². The summed E-state index contributed by atoms with van der Waals surface area (Å²) >= 11 is 0.